The summed E-state index contributed by atoms with van der Waals surface area (Å²) in [5, 5.41) is 8.03. The van der Waals surface area contributed by atoms with Gasteiger partial charge in [0.1, 0.15) is 5.76 Å². The van der Waals surface area contributed by atoms with Crippen molar-refractivity contribution in [2.45, 2.75) is 13.8 Å². The first kappa shape index (κ1) is 7.70. The summed E-state index contributed by atoms with van der Waals surface area (Å²) in [5.41, 5.74) is 0. The Kier molecular flexibility index (Phi) is 3.14. The molecule has 0 atom stereocenters. The zero-order valence-electron chi connectivity index (χ0n) is 5.34. The van der Waals surface area contributed by atoms with Gasteiger partial charge in [0.15, 0.2) is 0 Å². The maximum atomic E-state index is 10.2. The first-order chi connectivity index (χ1) is 4.16. The summed E-state index contributed by atoms with van der Waals surface area (Å²) < 4.78 is 4.49. The Labute approximate surface area is 53.5 Å². The van der Waals surface area contributed by atoms with E-state index >= 15 is 0 Å². The number of esters is 1. The molecule has 0 aromatic rings. The number of carbonyl (C=O) groups is 1. The molecule has 0 saturated carbocycles. The lowest BCUT2D eigenvalue weighted by atomic mass is 10.5. The molecule has 0 aliphatic rings. The first-order valence-electron chi connectivity index (χ1n) is 2.41. The Morgan fingerprint density at radius 2 is 2.22 bits per heavy atom. The van der Waals surface area contributed by atoms with Crippen molar-refractivity contribution in [3.8, 4) is 6.07 Å². The van der Waals surface area contributed by atoms with Crippen molar-refractivity contribution < 1.29 is 9.53 Å². The highest BCUT2D eigenvalue weighted by Gasteiger charge is 1.91. The number of ether oxygens (including phenoxy) is 1. The van der Waals surface area contributed by atoms with Gasteiger partial charge in [0.2, 0.25) is 0 Å². The Bertz CT molecular complexity index is 176. The number of nitriles is 1. The van der Waals surface area contributed by atoms with Crippen LogP contribution in [0.15, 0.2) is 11.8 Å². The molecule has 48 valence electrons. The fourth-order valence-electron chi connectivity index (χ4n) is 0.347. The van der Waals surface area contributed by atoms with Gasteiger partial charge in [0, 0.05) is 6.92 Å². The smallest absolute Gasteiger partial charge is 0.307 e. The van der Waals surface area contributed by atoms with Crippen molar-refractivity contribution in [1.82, 2.24) is 0 Å². The van der Waals surface area contributed by atoms with Crippen LogP contribution in [-0.2, 0) is 9.53 Å². The van der Waals surface area contributed by atoms with Crippen LogP contribution in [0.1, 0.15) is 13.8 Å². The van der Waals surface area contributed by atoms with Gasteiger partial charge in [-0.3, -0.25) is 4.79 Å². The summed E-state index contributed by atoms with van der Waals surface area (Å²) >= 11 is 0. The molecule has 0 aromatic heterocycles. The quantitative estimate of drug-likeness (QED) is 0.298. The number of rotatable bonds is 1. The monoisotopic (exact) mass is 125 g/mol. The van der Waals surface area contributed by atoms with E-state index in [0.717, 1.165) is 0 Å². The summed E-state index contributed by atoms with van der Waals surface area (Å²) in [6, 6.07) is 1.73. The molecule has 0 spiro atoms. The van der Waals surface area contributed by atoms with Gasteiger partial charge in [0.25, 0.3) is 0 Å². The largest absolute Gasteiger partial charge is 0.431 e. The van der Waals surface area contributed by atoms with Gasteiger partial charge < -0.3 is 4.74 Å². The molecule has 0 saturated heterocycles. The average Bonchev–Trinajstić information content (AvgIpc) is 1.63. The Morgan fingerprint density at radius 1 is 1.67 bits per heavy atom. The van der Waals surface area contributed by atoms with E-state index in [9.17, 15) is 4.79 Å². The van der Waals surface area contributed by atoms with Crippen molar-refractivity contribution >= 4 is 5.97 Å². The molecule has 9 heavy (non-hydrogen) atoms. The van der Waals surface area contributed by atoms with Crippen molar-refractivity contribution in [3.63, 3.8) is 0 Å². The van der Waals surface area contributed by atoms with Gasteiger partial charge in [-0.1, -0.05) is 0 Å². The Balaban J connectivity index is 3.80. The molecular formula is C6H7NO2. The van der Waals surface area contributed by atoms with E-state index in [1.54, 1.807) is 13.0 Å². The maximum absolute atomic E-state index is 10.2. The minimum atomic E-state index is -0.404. The molecule has 0 N–H and O–H groups in total. The molecule has 0 fully saturated rings. The van der Waals surface area contributed by atoms with E-state index in [4.69, 9.17) is 5.26 Å². The molecular weight excluding hydrogens is 118 g/mol. The van der Waals surface area contributed by atoms with Crippen LogP contribution in [0, 0.1) is 11.3 Å². The second-order valence-corrected chi connectivity index (χ2v) is 1.48. The van der Waals surface area contributed by atoms with Crippen LogP contribution < -0.4 is 0 Å². The van der Waals surface area contributed by atoms with E-state index in [1.807, 2.05) is 0 Å². The van der Waals surface area contributed by atoms with Crippen LogP contribution in [0.2, 0.25) is 0 Å². The van der Waals surface area contributed by atoms with Crippen LogP contribution in [0.4, 0.5) is 0 Å². The number of carbonyl (C=O) groups excluding carboxylic acids is 1. The van der Waals surface area contributed by atoms with Crippen LogP contribution in [0.25, 0.3) is 0 Å². The van der Waals surface area contributed by atoms with Crippen LogP contribution in [0.3, 0.4) is 0 Å². The minimum absolute atomic E-state index is 0.324. The zero-order chi connectivity index (χ0) is 7.28. The maximum Gasteiger partial charge on any atom is 0.307 e. The van der Waals surface area contributed by atoms with Gasteiger partial charge in [-0.25, -0.2) is 0 Å². The molecule has 0 rings (SSSR count). The standard InChI is InChI=1S/C6H7NO2/c1-5(3-4-7)9-6(2)8/h3H,1-2H3/b5-3+. The highest BCUT2D eigenvalue weighted by molar-refractivity contribution is 5.67. The zero-order valence-corrected chi connectivity index (χ0v) is 5.34. The van der Waals surface area contributed by atoms with Crippen LogP contribution in [-0.4, -0.2) is 5.97 Å². The molecule has 0 heterocycles. The average molecular weight is 125 g/mol. The van der Waals surface area contributed by atoms with Gasteiger partial charge in [-0.15, -0.1) is 0 Å². The second-order valence-electron chi connectivity index (χ2n) is 1.48. The third-order valence-electron chi connectivity index (χ3n) is 0.573. The molecule has 0 radical (unpaired) electrons. The summed E-state index contributed by atoms with van der Waals surface area (Å²) in [5.74, 6) is -0.0796. The highest BCUT2D eigenvalue weighted by atomic mass is 16.5. The second kappa shape index (κ2) is 3.67. The number of hydrogen-bond acceptors (Lipinski definition) is 3. The third kappa shape index (κ3) is 4.56. The number of hydrogen-bond donors (Lipinski definition) is 0. The lowest BCUT2D eigenvalue weighted by Gasteiger charge is -1.95. The van der Waals surface area contributed by atoms with E-state index in [2.05, 4.69) is 4.74 Å². The normalized spacial score (nSPS) is 10.1. The van der Waals surface area contributed by atoms with Crippen molar-refractivity contribution in [3.05, 3.63) is 11.8 Å². The lowest BCUT2D eigenvalue weighted by Crippen LogP contribution is -1.94. The fraction of sp³-hybridized carbons (Fsp3) is 0.333. The van der Waals surface area contributed by atoms with Crippen molar-refractivity contribution in [2.24, 2.45) is 0 Å². The molecule has 0 aromatic carbocycles. The minimum Gasteiger partial charge on any atom is -0.431 e. The topological polar surface area (TPSA) is 50.1 Å². The van der Waals surface area contributed by atoms with Gasteiger partial charge in [0.05, 0.1) is 12.1 Å². The summed E-state index contributed by atoms with van der Waals surface area (Å²) in [6.07, 6.45) is 1.17. The highest BCUT2D eigenvalue weighted by Crippen LogP contribution is 1.93. The summed E-state index contributed by atoms with van der Waals surface area (Å²) in [7, 11) is 0. The summed E-state index contributed by atoms with van der Waals surface area (Å²) in [6.45, 7) is 2.83. The van der Waals surface area contributed by atoms with E-state index < -0.39 is 5.97 Å². The number of allylic oxidation sites excluding steroid dienone is 2. The van der Waals surface area contributed by atoms with Crippen LogP contribution >= 0.6 is 0 Å². The fourth-order valence-corrected chi connectivity index (χ4v) is 0.347. The molecule has 3 nitrogen and oxygen atoms in total. The predicted molar refractivity (Wildman–Crippen MR) is 31.1 cm³/mol. The van der Waals surface area contributed by atoms with Crippen LogP contribution in [0.5, 0.6) is 0 Å². The molecule has 0 unspecified atom stereocenters. The SMILES string of the molecule is CC(=O)O/C(C)=C/C#N. The number of nitrogens with zero attached hydrogens (tertiary/aromatic N) is 1. The van der Waals surface area contributed by atoms with E-state index in [-0.39, 0.29) is 0 Å². The van der Waals surface area contributed by atoms with Crippen molar-refractivity contribution in [2.75, 3.05) is 0 Å². The van der Waals surface area contributed by atoms with Gasteiger partial charge >= 0.3 is 5.97 Å². The molecule has 0 bridgehead atoms. The van der Waals surface area contributed by atoms with Gasteiger partial charge in [-0.05, 0) is 6.92 Å². The summed E-state index contributed by atoms with van der Waals surface area (Å²) in [4.78, 5) is 10.2. The third-order valence-corrected chi connectivity index (χ3v) is 0.573. The lowest BCUT2D eigenvalue weighted by molar-refractivity contribution is -0.136. The molecule has 0 amide bonds. The Hall–Kier alpha value is -1.30. The molecule has 0 aliphatic carbocycles. The molecule has 0 aliphatic heterocycles. The van der Waals surface area contributed by atoms with Gasteiger partial charge in [-0.2, -0.15) is 5.26 Å². The Morgan fingerprint density at radius 3 is 2.56 bits per heavy atom. The van der Waals surface area contributed by atoms with E-state index in [0.29, 0.717) is 5.76 Å². The van der Waals surface area contributed by atoms with E-state index in [1.165, 1.54) is 13.0 Å². The molecule has 3 heteroatoms. The predicted octanol–water partition coefficient (Wildman–Crippen LogP) is 0.977. The van der Waals surface area contributed by atoms with Crippen molar-refractivity contribution in [1.29, 1.82) is 5.26 Å². The first-order valence-corrected chi connectivity index (χ1v) is 2.41.